The quantitative estimate of drug-likeness (QED) is 0.541. The van der Waals surface area contributed by atoms with Gasteiger partial charge in [-0.15, -0.1) is 0 Å². The van der Waals surface area contributed by atoms with E-state index in [9.17, 15) is 14.7 Å². The average molecular weight is 501 g/mol. The van der Waals surface area contributed by atoms with Crippen molar-refractivity contribution in [1.82, 2.24) is 4.57 Å². The molecule has 2 heterocycles. The van der Waals surface area contributed by atoms with Crippen LogP contribution in [0.25, 0.3) is 6.08 Å². The lowest BCUT2D eigenvalue weighted by Crippen LogP contribution is -2.40. The summed E-state index contributed by atoms with van der Waals surface area (Å²) in [7, 11) is 4.23. The Labute approximate surface area is 203 Å². The number of fused-ring (bicyclic) bond motifs is 1. The summed E-state index contributed by atoms with van der Waals surface area (Å²) in [5, 5.41) is 10.3. The maximum absolute atomic E-state index is 13.6. The molecule has 0 saturated heterocycles. The summed E-state index contributed by atoms with van der Waals surface area (Å²) < 4.78 is 17.5. The predicted molar refractivity (Wildman–Crippen MR) is 128 cm³/mol. The fourth-order valence-electron chi connectivity index (χ4n) is 3.84. The van der Waals surface area contributed by atoms with Crippen molar-refractivity contribution in [2.75, 3.05) is 21.3 Å². The van der Waals surface area contributed by atoms with Crippen molar-refractivity contribution in [3.63, 3.8) is 0 Å². The smallest absolute Gasteiger partial charge is 0.338 e. The Bertz CT molecular complexity index is 1500. The number of nitrogens with zero attached hydrogens (tertiary/aromatic N) is 2. The van der Waals surface area contributed by atoms with Gasteiger partial charge in [-0.25, -0.2) is 9.79 Å². The van der Waals surface area contributed by atoms with Gasteiger partial charge in [0.1, 0.15) is 11.8 Å². The summed E-state index contributed by atoms with van der Waals surface area (Å²) in [5.41, 5.74) is 1.48. The molecule has 176 valence electrons. The molecule has 1 aliphatic rings. The van der Waals surface area contributed by atoms with Crippen molar-refractivity contribution < 1.29 is 24.1 Å². The average Bonchev–Trinajstić information content (AvgIpc) is 3.13. The summed E-state index contributed by atoms with van der Waals surface area (Å²) >= 11 is 7.46. The van der Waals surface area contributed by atoms with Crippen LogP contribution in [0.4, 0.5) is 0 Å². The Kier molecular flexibility index (Phi) is 6.49. The van der Waals surface area contributed by atoms with E-state index in [1.165, 1.54) is 43.3 Å². The van der Waals surface area contributed by atoms with Gasteiger partial charge in [0.2, 0.25) is 0 Å². The van der Waals surface area contributed by atoms with Crippen LogP contribution in [0.5, 0.6) is 17.2 Å². The molecule has 3 aromatic rings. The van der Waals surface area contributed by atoms with Crippen LogP contribution in [0.2, 0.25) is 5.02 Å². The van der Waals surface area contributed by atoms with E-state index in [-0.39, 0.29) is 22.6 Å². The summed E-state index contributed by atoms with van der Waals surface area (Å²) in [6, 6.07) is 8.93. The topological polar surface area (TPSA) is 99.4 Å². The van der Waals surface area contributed by atoms with Gasteiger partial charge in [-0.05, 0) is 48.9 Å². The molecule has 0 fully saturated rings. The van der Waals surface area contributed by atoms with Gasteiger partial charge in [0.25, 0.3) is 5.56 Å². The summed E-state index contributed by atoms with van der Waals surface area (Å²) in [4.78, 5) is 31.4. The highest BCUT2D eigenvalue weighted by Gasteiger charge is 2.35. The first-order valence-electron chi connectivity index (χ1n) is 10.1. The molecule has 1 atom stereocenters. The molecule has 34 heavy (non-hydrogen) atoms. The number of allylic oxidation sites excluding steroid dienone is 1. The molecule has 0 unspecified atom stereocenters. The minimum atomic E-state index is -0.853. The third-order valence-corrected chi connectivity index (χ3v) is 6.63. The summed E-state index contributed by atoms with van der Waals surface area (Å²) in [5.74, 6) is 0.133. The number of rotatable bonds is 5. The number of aromatic nitrogens is 1. The van der Waals surface area contributed by atoms with Gasteiger partial charge in [-0.3, -0.25) is 9.36 Å². The first-order valence-corrected chi connectivity index (χ1v) is 11.3. The number of methoxy groups -OCH3 is 3. The van der Waals surface area contributed by atoms with E-state index in [1.807, 2.05) is 0 Å². The van der Waals surface area contributed by atoms with E-state index in [4.69, 9.17) is 25.8 Å². The maximum atomic E-state index is 13.6. The fourth-order valence-corrected chi connectivity index (χ4v) is 5.07. The molecule has 2 aromatic carbocycles. The van der Waals surface area contributed by atoms with Crippen molar-refractivity contribution in [2.45, 2.75) is 13.0 Å². The first-order chi connectivity index (χ1) is 16.3. The van der Waals surface area contributed by atoms with Crippen molar-refractivity contribution in [1.29, 1.82) is 0 Å². The Balaban J connectivity index is 2.01. The van der Waals surface area contributed by atoms with Gasteiger partial charge in [-0.1, -0.05) is 29.0 Å². The molecule has 0 spiro atoms. The molecule has 0 radical (unpaired) electrons. The van der Waals surface area contributed by atoms with Crippen LogP contribution in [-0.2, 0) is 9.53 Å². The number of hydrogen-bond acceptors (Lipinski definition) is 8. The van der Waals surface area contributed by atoms with Crippen molar-refractivity contribution >= 4 is 35.0 Å². The molecule has 1 aromatic heterocycles. The molecule has 0 saturated carbocycles. The van der Waals surface area contributed by atoms with Crippen LogP contribution in [0.1, 0.15) is 24.1 Å². The zero-order valence-electron chi connectivity index (χ0n) is 18.8. The van der Waals surface area contributed by atoms with Gasteiger partial charge < -0.3 is 19.3 Å². The largest absolute Gasteiger partial charge is 0.504 e. The molecule has 1 aliphatic heterocycles. The van der Waals surface area contributed by atoms with Crippen molar-refractivity contribution in [3.8, 4) is 17.2 Å². The standard InChI is InChI=1S/C24H21ClN2O6S/c1-12-20(23(30)33-4)21(15-11-14(25)6-8-17(15)31-2)27-22(29)19(34-24(27)26-12)10-13-5-7-16(28)18(9-13)32-3/h5-11,21,28H,1-4H3/b19-10-/t21-/m1/s1. The normalized spacial score (nSPS) is 15.6. The second kappa shape index (κ2) is 9.36. The number of phenolic OH excluding ortho intramolecular Hbond substituents is 1. The van der Waals surface area contributed by atoms with Crippen LogP contribution in [0, 0.1) is 0 Å². The molecule has 4 rings (SSSR count). The lowest BCUT2D eigenvalue weighted by atomic mass is 9.95. The Morgan fingerprint density at radius 2 is 1.88 bits per heavy atom. The summed E-state index contributed by atoms with van der Waals surface area (Å²) in [6.45, 7) is 1.69. The summed E-state index contributed by atoms with van der Waals surface area (Å²) in [6.07, 6.45) is 1.68. The van der Waals surface area contributed by atoms with Crippen LogP contribution in [0.3, 0.4) is 0 Å². The number of esters is 1. The minimum Gasteiger partial charge on any atom is -0.504 e. The number of halogens is 1. The van der Waals surface area contributed by atoms with Gasteiger partial charge in [-0.2, -0.15) is 0 Å². The molecular weight excluding hydrogens is 480 g/mol. The first kappa shape index (κ1) is 23.6. The van der Waals surface area contributed by atoms with Crippen LogP contribution in [0.15, 0.2) is 57.5 Å². The van der Waals surface area contributed by atoms with Gasteiger partial charge in [0.05, 0.1) is 37.1 Å². The molecule has 8 nitrogen and oxygen atoms in total. The second-order valence-corrected chi connectivity index (χ2v) is 8.84. The number of carbonyl (C=O) groups excluding carboxylic acids is 1. The predicted octanol–water partition coefficient (Wildman–Crippen LogP) is 2.78. The SMILES string of the molecule is COC(=O)C1=C(C)N=c2s/c(=C\c3ccc(O)c(OC)c3)c(=O)n2[C@@H]1c1cc(Cl)ccc1OC. The Hall–Kier alpha value is -3.56. The lowest BCUT2D eigenvalue weighted by Gasteiger charge is -2.25. The third-order valence-electron chi connectivity index (χ3n) is 5.41. The third kappa shape index (κ3) is 4.08. The van der Waals surface area contributed by atoms with E-state index in [0.717, 1.165) is 0 Å². The van der Waals surface area contributed by atoms with Crippen molar-refractivity contribution in [2.24, 2.45) is 4.99 Å². The fraction of sp³-hybridized carbons (Fsp3) is 0.208. The number of phenols is 1. The molecule has 1 N–H and O–H groups in total. The van der Waals surface area contributed by atoms with E-state index in [0.29, 0.717) is 36.9 Å². The van der Waals surface area contributed by atoms with E-state index >= 15 is 0 Å². The van der Waals surface area contributed by atoms with E-state index in [1.54, 1.807) is 43.3 Å². The van der Waals surface area contributed by atoms with Gasteiger partial charge in [0.15, 0.2) is 16.3 Å². The molecule has 10 heteroatoms. The number of aromatic hydroxyl groups is 1. The van der Waals surface area contributed by atoms with E-state index < -0.39 is 12.0 Å². The van der Waals surface area contributed by atoms with E-state index in [2.05, 4.69) is 4.99 Å². The van der Waals surface area contributed by atoms with Crippen LogP contribution < -0.4 is 24.4 Å². The lowest BCUT2D eigenvalue weighted by molar-refractivity contribution is -0.136. The Morgan fingerprint density at radius 3 is 2.56 bits per heavy atom. The van der Waals surface area contributed by atoms with Crippen LogP contribution in [-0.4, -0.2) is 37.0 Å². The number of benzene rings is 2. The zero-order chi connectivity index (χ0) is 24.6. The number of hydrogen-bond donors (Lipinski definition) is 1. The molecule has 0 amide bonds. The highest BCUT2D eigenvalue weighted by atomic mass is 35.5. The van der Waals surface area contributed by atoms with Crippen molar-refractivity contribution in [3.05, 3.63) is 83.5 Å². The maximum Gasteiger partial charge on any atom is 0.338 e. The zero-order valence-corrected chi connectivity index (χ0v) is 20.4. The highest BCUT2D eigenvalue weighted by molar-refractivity contribution is 7.07. The molecular formula is C24H21ClN2O6S. The second-order valence-electron chi connectivity index (χ2n) is 7.39. The molecule has 0 aliphatic carbocycles. The Morgan fingerprint density at radius 1 is 1.15 bits per heavy atom. The van der Waals surface area contributed by atoms with Gasteiger partial charge in [0, 0.05) is 10.6 Å². The highest BCUT2D eigenvalue weighted by Crippen LogP contribution is 2.37. The number of carbonyl (C=O) groups is 1. The monoisotopic (exact) mass is 500 g/mol. The minimum absolute atomic E-state index is 0.00694. The van der Waals surface area contributed by atoms with Gasteiger partial charge >= 0.3 is 5.97 Å². The number of ether oxygens (including phenoxy) is 3. The molecule has 0 bridgehead atoms. The number of thiazole rings is 1. The van der Waals surface area contributed by atoms with Crippen LogP contribution >= 0.6 is 22.9 Å².